The molecule has 3 N–H and O–H groups in total. The van der Waals surface area contributed by atoms with Crippen LogP contribution in [0.15, 0.2) is 12.7 Å². The Balaban J connectivity index is 1.82. The zero-order valence-electron chi connectivity index (χ0n) is 13.6. The van der Waals surface area contributed by atoms with Crippen LogP contribution < -0.4 is 10.2 Å². The first-order valence-corrected chi connectivity index (χ1v) is 8.06. The van der Waals surface area contributed by atoms with Crippen molar-refractivity contribution < 1.29 is 23.9 Å². The lowest BCUT2D eigenvalue weighted by Crippen LogP contribution is -2.47. The number of nitrogens with two attached hydrogens (primary N) is 1. The highest BCUT2D eigenvalue weighted by Crippen LogP contribution is 2.30. The Morgan fingerprint density at radius 3 is 3.12 bits per heavy atom. The molecule has 1 fully saturated rings. The van der Waals surface area contributed by atoms with E-state index in [9.17, 15) is 9.90 Å². The molecule has 2 atom stereocenters. The molecule has 0 aromatic carbocycles. The number of ether oxygens (including phenoxy) is 2. The van der Waals surface area contributed by atoms with Gasteiger partial charge in [0.2, 0.25) is 17.8 Å². The summed E-state index contributed by atoms with van der Waals surface area (Å²) in [6.45, 7) is 2.31. The zero-order valence-corrected chi connectivity index (χ0v) is 13.6. The van der Waals surface area contributed by atoms with E-state index in [0.29, 0.717) is 23.6 Å². The SMILES string of the molecule is CCCOC(=O)B[n+]1cnc2c(ncn2[C@H]2CC[C@@H](CO)O2)c1N. The number of anilines is 1. The quantitative estimate of drug-likeness (QED) is 0.698. The second-order valence-electron chi connectivity index (χ2n) is 5.77. The summed E-state index contributed by atoms with van der Waals surface area (Å²) in [4.78, 5) is 20.4. The van der Waals surface area contributed by atoms with Gasteiger partial charge in [0.1, 0.15) is 12.6 Å². The van der Waals surface area contributed by atoms with Crippen LogP contribution in [0.3, 0.4) is 0 Å². The monoisotopic (exact) mass is 334 g/mol. The number of fused-ring (bicyclic) bond motifs is 1. The molecule has 1 aliphatic rings. The van der Waals surface area contributed by atoms with E-state index < -0.39 is 0 Å². The van der Waals surface area contributed by atoms with Crippen LogP contribution in [0.5, 0.6) is 0 Å². The number of nitrogens with zero attached hydrogens (tertiary/aromatic N) is 4. The summed E-state index contributed by atoms with van der Waals surface area (Å²) in [5.41, 5.74) is 7.22. The average molecular weight is 334 g/mol. The summed E-state index contributed by atoms with van der Waals surface area (Å²) < 4.78 is 14.1. The summed E-state index contributed by atoms with van der Waals surface area (Å²) in [6, 6.07) is 0. The van der Waals surface area contributed by atoms with E-state index in [1.165, 1.54) is 10.8 Å². The topological polar surface area (TPSA) is 116 Å². The van der Waals surface area contributed by atoms with Crippen LogP contribution in [0.25, 0.3) is 11.2 Å². The summed E-state index contributed by atoms with van der Waals surface area (Å²) in [6.07, 6.45) is 5.07. The molecule has 24 heavy (non-hydrogen) atoms. The van der Waals surface area contributed by atoms with E-state index in [1.807, 2.05) is 6.92 Å². The van der Waals surface area contributed by atoms with Gasteiger partial charge in [-0.05, 0) is 19.3 Å². The molecule has 1 aliphatic heterocycles. The van der Waals surface area contributed by atoms with Crippen LogP contribution >= 0.6 is 0 Å². The van der Waals surface area contributed by atoms with Gasteiger partial charge in [-0.25, -0.2) is 4.98 Å². The van der Waals surface area contributed by atoms with Crippen LogP contribution in [0.4, 0.5) is 10.6 Å². The fourth-order valence-electron chi connectivity index (χ4n) is 2.75. The molecule has 0 saturated carbocycles. The molecule has 0 aliphatic carbocycles. The van der Waals surface area contributed by atoms with Crippen molar-refractivity contribution in [1.82, 2.24) is 14.5 Å². The Morgan fingerprint density at radius 1 is 1.58 bits per heavy atom. The van der Waals surface area contributed by atoms with Gasteiger partial charge in [-0.1, -0.05) is 11.9 Å². The number of imidazole rings is 1. The van der Waals surface area contributed by atoms with Crippen LogP contribution in [0.2, 0.25) is 0 Å². The van der Waals surface area contributed by atoms with Crippen LogP contribution in [-0.2, 0) is 9.47 Å². The standard InChI is InChI=1S/C14H20BN5O4/c1-2-5-23-14(22)15-20-8-18-13-11(12(20)16)17-7-19(13)10-4-3-9(6-21)24-10/h7-10,15-16,21H,2-6H2,1H3/p+1/t9-,10+/m0/s1. The van der Waals surface area contributed by atoms with E-state index in [0.717, 1.165) is 19.3 Å². The molecule has 0 amide bonds. The number of carbonyl (C=O) groups is 1. The average Bonchev–Trinajstić information content (AvgIpc) is 3.21. The van der Waals surface area contributed by atoms with Gasteiger partial charge in [0.05, 0.1) is 19.3 Å². The number of carbonyl (C=O) groups excluding carboxylic acids is 1. The number of aliphatic hydroxyl groups excluding tert-OH is 1. The molecule has 0 bridgehead atoms. The van der Waals surface area contributed by atoms with Crippen molar-refractivity contribution in [3.63, 3.8) is 0 Å². The van der Waals surface area contributed by atoms with Crippen molar-refractivity contribution in [3.05, 3.63) is 12.7 Å². The third kappa shape index (κ3) is 3.20. The first kappa shape index (κ1) is 16.7. The maximum Gasteiger partial charge on any atom is 0.452 e. The highest BCUT2D eigenvalue weighted by molar-refractivity contribution is 6.65. The van der Waals surface area contributed by atoms with Gasteiger partial charge in [-0.15, -0.1) is 0 Å². The normalized spacial score (nSPS) is 20.4. The lowest BCUT2D eigenvalue weighted by atomic mass is 9.94. The minimum absolute atomic E-state index is 0.00142. The van der Waals surface area contributed by atoms with Gasteiger partial charge < -0.3 is 20.3 Å². The number of aliphatic hydroxyl groups is 1. The molecular formula is C14H21BN5O4+. The predicted octanol–water partition coefficient (Wildman–Crippen LogP) is -0.283. The lowest BCUT2D eigenvalue weighted by molar-refractivity contribution is -0.513. The Labute approximate surface area is 139 Å². The molecule has 9 nitrogen and oxygen atoms in total. The Kier molecular flexibility index (Phi) is 4.96. The molecule has 3 rings (SSSR count). The predicted molar refractivity (Wildman–Crippen MR) is 86.6 cm³/mol. The number of aromatic nitrogens is 4. The smallest absolute Gasteiger partial charge is 0.452 e. The van der Waals surface area contributed by atoms with E-state index in [1.54, 1.807) is 10.9 Å². The van der Waals surface area contributed by atoms with Crippen LogP contribution in [-0.4, -0.2) is 52.2 Å². The second-order valence-corrected chi connectivity index (χ2v) is 5.77. The molecule has 2 aromatic rings. The van der Waals surface area contributed by atoms with Gasteiger partial charge in [-0.2, -0.15) is 0 Å². The molecule has 128 valence electrons. The van der Waals surface area contributed by atoms with Gasteiger partial charge in [0.15, 0.2) is 5.52 Å². The second kappa shape index (κ2) is 7.14. The van der Waals surface area contributed by atoms with Crippen molar-refractivity contribution in [1.29, 1.82) is 0 Å². The van der Waals surface area contributed by atoms with Gasteiger partial charge in [-0.3, -0.25) is 13.8 Å². The molecule has 3 heterocycles. The largest absolute Gasteiger partial charge is 0.471 e. The first-order valence-electron chi connectivity index (χ1n) is 8.06. The minimum Gasteiger partial charge on any atom is -0.471 e. The molecule has 0 radical (unpaired) electrons. The molecule has 0 unspecified atom stereocenters. The van der Waals surface area contributed by atoms with Crippen molar-refractivity contribution in [2.75, 3.05) is 18.9 Å². The Hall–Kier alpha value is -2.20. The highest BCUT2D eigenvalue weighted by atomic mass is 16.5. The lowest BCUT2D eigenvalue weighted by Gasteiger charge is -2.12. The fourth-order valence-corrected chi connectivity index (χ4v) is 2.75. The fraction of sp³-hybridized carbons (Fsp3) is 0.571. The summed E-state index contributed by atoms with van der Waals surface area (Å²) in [7, 11) is -0.00581. The van der Waals surface area contributed by atoms with E-state index >= 15 is 0 Å². The summed E-state index contributed by atoms with van der Waals surface area (Å²) in [5.74, 6) is -0.0112. The third-order valence-electron chi connectivity index (χ3n) is 4.00. The van der Waals surface area contributed by atoms with Gasteiger partial charge >= 0.3 is 7.41 Å². The maximum absolute atomic E-state index is 11.7. The van der Waals surface area contributed by atoms with Crippen molar-refractivity contribution >= 4 is 30.3 Å². The molecular weight excluding hydrogens is 313 g/mol. The van der Waals surface area contributed by atoms with Gasteiger partial charge in [0, 0.05) is 0 Å². The molecule has 2 aromatic heterocycles. The van der Waals surface area contributed by atoms with Crippen LogP contribution in [0, 0.1) is 0 Å². The van der Waals surface area contributed by atoms with Crippen molar-refractivity contribution in [2.45, 2.75) is 38.5 Å². The highest BCUT2D eigenvalue weighted by Gasteiger charge is 2.29. The van der Waals surface area contributed by atoms with E-state index in [4.69, 9.17) is 15.2 Å². The molecule has 0 spiro atoms. The molecule has 1 saturated heterocycles. The number of hydrogen-bond acceptors (Lipinski definition) is 7. The van der Waals surface area contributed by atoms with E-state index in [-0.39, 0.29) is 32.2 Å². The number of hydrogen-bond donors (Lipinski definition) is 2. The Morgan fingerprint density at radius 2 is 2.42 bits per heavy atom. The van der Waals surface area contributed by atoms with Crippen molar-refractivity contribution in [3.8, 4) is 0 Å². The minimum atomic E-state index is -0.362. The summed E-state index contributed by atoms with van der Waals surface area (Å²) in [5, 5.41) is 9.19. The van der Waals surface area contributed by atoms with E-state index in [2.05, 4.69) is 9.97 Å². The van der Waals surface area contributed by atoms with Crippen molar-refractivity contribution in [2.24, 2.45) is 0 Å². The van der Waals surface area contributed by atoms with Crippen LogP contribution in [0.1, 0.15) is 32.4 Å². The Bertz CT molecular complexity index is 737. The molecule has 10 heteroatoms. The summed E-state index contributed by atoms with van der Waals surface area (Å²) >= 11 is 0. The zero-order chi connectivity index (χ0) is 17.1. The van der Waals surface area contributed by atoms with Gasteiger partial charge in [0.25, 0.3) is 5.87 Å². The number of rotatable bonds is 6. The number of nitrogen functional groups attached to an aromatic ring is 1. The third-order valence-corrected chi connectivity index (χ3v) is 4.00. The maximum atomic E-state index is 11.7. The first-order chi connectivity index (χ1) is 11.6.